The van der Waals surface area contributed by atoms with E-state index in [2.05, 4.69) is 5.32 Å². The molecule has 136 valence electrons. The molecule has 26 heavy (non-hydrogen) atoms. The van der Waals surface area contributed by atoms with Gasteiger partial charge < -0.3 is 19.5 Å². The van der Waals surface area contributed by atoms with Crippen molar-refractivity contribution < 1.29 is 19.0 Å². The zero-order valence-corrected chi connectivity index (χ0v) is 15.2. The van der Waals surface area contributed by atoms with E-state index >= 15 is 0 Å². The Kier molecular flexibility index (Phi) is 5.46. The maximum absolute atomic E-state index is 13.1. The minimum atomic E-state index is -0.653. The Hall–Kier alpha value is -2.95. The van der Waals surface area contributed by atoms with E-state index in [9.17, 15) is 4.79 Å². The lowest BCUT2D eigenvalue weighted by molar-refractivity contribution is -0.120. The second-order valence-corrected chi connectivity index (χ2v) is 5.79. The van der Waals surface area contributed by atoms with Crippen molar-refractivity contribution in [1.29, 1.82) is 0 Å². The molecule has 1 unspecified atom stereocenters. The SMILES string of the molecule is CCOc1cc(OCC)cc(C2=C(NC)OC(c3ccccc3)C2=O)c1. The number of hydrogen-bond acceptors (Lipinski definition) is 5. The van der Waals surface area contributed by atoms with Crippen molar-refractivity contribution in [3.8, 4) is 11.5 Å². The van der Waals surface area contributed by atoms with Crippen LogP contribution in [-0.4, -0.2) is 26.0 Å². The molecule has 0 aromatic heterocycles. The summed E-state index contributed by atoms with van der Waals surface area (Å²) >= 11 is 0. The first-order valence-corrected chi connectivity index (χ1v) is 8.76. The summed E-state index contributed by atoms with van der Waals surface area (Å²) in [4.78, 5) is 13.1. The molecule has 0 radical (unpaired) electrons. The Morgan fingerprint density at radius 1 is 1.00 bits per heavy atom. The summed E-state index contributed by atoms with van der Waals surface area (Å²) in [6.45, 7) is 4.90. The first-order chi connectivity index (χ1) is 12.7. The molecule has 0 spiro atoms. The number of ketones is 1. The molecule has 1 atom stereocenters. The van der Waals surface area contributed by atoms with Crippen LogP contribution in [0.4, 0.5) is 0 Å². The average molecular weight is 353 g/mol. The van der Waals surface area contributed by atoms with Crippen LogP contribution in [0.2, 0.25) is 0 Å². The van der Waals surface area contributed by atoms with E-state index in [1.54, 1.807) is 7.05 Å². The van der Waals surface area contributed by atoms with Crippen LogP contribution in [0, 0.1) is 0 Å². The van der Waals surface area contributed by atoms with Crippen molar-refractivity contribution >= 4 is 11.4 Å². The van der Waals surface area contributed by atoms with Gasteiger partial charge in [-0.2, -0.15) is 0 Å². The van der Waals surface area contributed by atoms with Crippen molar-refractivity contribution in [2.45, 2.75) is 20.0 Å². The summed E-state index contributed by atoms with van der Waals surface area (Å²) in [5.41, 5.74) is 2.04. The van der Waals surface area contributed by atoms with Gasteiger partial charge in [-0.3, -0.25) is 4.79 Å². The Morgan fingerprint density at radius 2 is 1.62 bits per heavy atom. The molecule has 0 aliphatic carbocycles. The van der Waals surface area contributed by atoms with E-state index in [1.807, 2.05) is 62.4 Å². The maximum atomic E-state index is 13.1. The van der Waals surface area contributed by atoms with Gasteiger partial charge in [0.25, 0.3) is 0 Å². The van der Waals surface area contributed by atoms with Crippen LogP contribution in [-0.2, 0) is 9.53 Å². The lowest BCUT2D eigenvalue weighted by atomic mass is 9.96. The highest BCUT2D eigenvalue weighted by molar-refractivity contribution is 6.25. The van der Waals surface area contributed by atoms with E-state index in [4.69, 9.17) is 14.2 Å². The summed E-state index contributed by atoms with van der Waals surface area (Å²) < 4.78 is 17.2. The monoisotopic (exact) mass is 353 g/mol. The average Bonchev–Trinajstić information content (AvgIpc) is 2.99. The third-order valence-electron chi connectivity index (χ3n) is 4.07. The smallest absolute Gasteiger partial charge is 0.213 e. The molecule has 5 heteroatoms. The number of nitrogens with one attached hydrogen (secondary N) is 1. The van der Waals surface area contributed by atoms with Crippen molar-refractivity contribution in [1.82, 2.24) is 5.32 Å². The molecule has 0 bridgehead atoms. The Bertz CT molecular complexity index is 790. The Morgan fingerprint density at radius 3 is 2.15 bits per heavy atom. The highest BCUT2D eigenvalue weighted by atomic mass is 16.5. The van der Waals surface area contributed by atoms with Crippen molar-refractivity contribution in [3.05, 3.63) is 65.5 Å². The summed E-state index contributed by atoms with van der Waals surface area (Å²) in [6.07, 6.45) is -0.653. The van der Waals surface area contributed by atoms with Crippen LogP contribution in [0.5, 0.6) is 11.5 Å². The largest absolute Gasteiger partial charge is 0.494 e. The molecule has 1 aliphatic heterocycles. The molecule has 5 nitrogen and oxygen atoms in total. The topological polar surface area (TPSA) is 56.8 Å². The molecule has 1 N–H and O–H groups in total. The van der Waals surface area contributed by atoms with Gasteiger partial charge in [0.2, 0.25) is 5.78 Å². The number of carbonyl (C=O) groups is 1. The number of carbonyl (C=O) groups excluding carboxylic acids is 1. The van der Waals surface area contributed by atoms with Gasteiger partial charge in [-0.15, -0.1) is 0 Å². The van der Waals surface area contributed by atoms with Crippen molar-refractivity contribution in [3.63, 3.8) is 0 Å². The fraction of sp³-hybridized carbons (Fsp3) is 0.286. The number of rotatable bonds is 7. The van der Waals surface area contributed by atoms with Gasteiger partial charge >= 0.3 is 0 Å². The van der Waals surface area contributed by atoms with E-state index in [0.717, 1.165) is 5.56 Å². The quantitative estimate of drug-likeness (QED) is 0.822. The van der Waals surface area contributed by atoms with Crippen LogP contribution >= 0.6 is 0 Å². The van der Waals surface area contributed by atoms with E-state index in [1.165, 1.54) is 0 Å². The molecule has 2 aromatic carbocycles. The summed E-state index contributed by atoms with van der Waals surface area (Å²) in [5, 5.41) is 3.00. The normalized spacial score (nSPS) is 16.4. The van der Waals surface area contributed by atoms with Crippen LogP contribution < -0.4 is 14.8 Å². The molecule has 1 heterocycles. The van der Waals surface area contributed by atoms with E-state index < -0.39 is 6.10 Å². The van der Waals surface area contributed by atoms with Crippen LogP contribution in [0.15, 0.2) is 54.4 Å². The minimum Gasteiger partial charge on any atom is -0.494 e. The van der Waals surface area contributed by atoms with Crippen molar-refractivity contribution in [2.24, 2.45) is 0 Å². The molecule has 3 rings (SSSR count). The lowest BCUT2D eigenvalue weighted by Crippen LogP contribution is -2.10. The standard InChI is InChI=1S/C21H23NO4/c1-4-24-16-11-15(12-17(13-16)25-5-2)18-19(23)20(26-21(18)22-3)14-9-7-6-8-10-14/h6-13,20,22H,4-5H2,1-3H3. The first-order valence-electron chi connectivity index (χ1n) is 8.76. The van der Waals surface area contributed by atoms with Gasteiger partial charge in [0.05, 0.1) is 18.8 Å². The molecule has 0 saturated heterocycles. The number of hydrogen-bond donors (Lipinski definition) is 1. The second kappa shape index (κ2) is 7.95. The third kappa shape index (κ3) is 3.52. The van der Waals surface area contributed by atoms with E-state index in [-0.39, 0.29) is 5.78 Å². The zero-order chi connectivity index (χ0) is 18.5. The first kappa shape index (κ1) is 17.9. The van der Waals surface area contributed by atoms with Crippen LogP contribution in [0.3, 0.4) is 0 Å². The van der Waals surface area contributed by atoms with Gasteiger partial charge in [0.15, 0.2) is 12.0 Å². The zero-order valence-electron chi connectivity index (χ0n) is 15.2. The maximum Gasteiger partial charge on any atom is 0.213 e. The predicted octanol–water partition coefficient (Wildman–Crippen LogP) is 3.71. The van der Waals surface area contributed by atoms with Crippen molar-refractivity contribution in [2.75, 3.05) is 20.3 Å². The number of benzene rings is 2. The van der Waals surface area contributed by atoms with Gasteiger partial charge in [0.1, 0.15) is 11.5 Å². The van der Waals surface area contributed by atoms with Crippen LogP contribution in [0.25, 0.3) is 5.57 Å². The Labute approximate surface area is 153 Å². The second-order valence-electron chi connectivity index (χ2n) is 5.79. The molecular formula is C21H23NO4. The fourth-order valence-electron chi connectivity index (χ4n) is 2.99. The fourth-order valence-corrected chi connectivity index (χ4v) is 2.99. The summed E-state index contributed by atoms with van der Waals surface area (Å²) in [5.74, 6) is 1.69. The van der Waals surface area contributed by atoms with Gasteiger partial charge in [0, 0.05) is 18.7 Å². The molecule has 2 aromatic rings. The lowest BCUT2D eigenvalue weighted by Gasteiger charge is -2.11. The molecule has 0 fully saturated rings. The number of Topliss-reactive ketones (excluding diaryl/α,β-unsaturated/α-hetero) is 1. The third-order valence-corrected chi connectivity index (χ3v) is 4.07. The molecule has 1 aliphatic rings. The van der Waals surface area contributed by atoms with Gasteiger partial charge in [-0.05, 0) is 31.5 Å². The minimum absolute atomic E-state index is 0.0864. The van der Waals surface area contributed by atoms with Gasteiger partial charge in [-0.1, -0.05) is 30.3 Å². The summed E-state index contributed by atoms with van der Waals surface area (Å²) in [7, 11) is 1.74. The highest BCUT2D eigenvalue weighted by Gasteiger charge is 2.37. The molecular weight excluding hydrogens is 330 g/mol. The highest BCUT2D eigenvalue weighted by Crippen LogP contribution is 2.39. The Balaban J connectivity index is 2.02. The predicted molar refractivity (Wildman–Crippen MR) is 100 cm³/mol. The van der Waals surface area contributed by atoms with Gasteiger partial charge in [-0.25, -0.2) is 0 Å². The molecule has 0 saturated carbocycles. The summed E-state index contributed by atoms with van der Waals surface area (Å²) in [6, 6.07) is 15.0. The molecule has 0 amide bonds. The van der Waals surface area contributed by atoms with E-state index in [0.29, 0.717) is 41.7 Å². The van der Waals surface area contributed by atoms with Crippen LogP contribution in [0.1, 0.15) is 31.1 Å². The number of ether oxygens (including phenoxy) is 3.